The molecule has 10 heteroatoms. The van der Waals surface area contributed by atoms with Crippen LogP contribution in [0.4, 0.5) is 5.69 Å². The van der Waals surface area contributed by atoms with Crippen molar-refractivity contribution in [2.75, 3.05) is 18.4 Å². The minimum atomic E-state index is -3.58. The summed E-state index contributed by atoms with van der Waals surface area (Å²) in [6.45, 7) is 1.22. The van der Waals surface area contributed by atoms with Crippen molar-refractivity contribution in [1.29, 1.82) is 0 Å². The highest BCUT2D eigenvalue weighted by Gasteiger charge is 2.32. The fourth-order valence-electron chi connectivity index (χ4n) is 3.55. The first-order valence-corrected chi connectivity index (χ1v) is 11.7. The molecule has 0 spiro atoms. The Morgan fingerprint density at radius 2 is 1.74 bits per heavy atom. The highest BCUT2D eigenvalue weighted by Crippen LogP contribution is 2.25. The first kappa shape index (κ1) is 21.5. The number of piperidine rings is 1. The first-order chi connectivity index (χ1) is 14.9. The summed E-state index contributed by atoms with van der Waals surface area (Å²) >= 11 is 5.85. The topological polar surface area (TPSA) is 97.2 Å². The predicted octanol–water partition coefficient (Wildman–Crippen LogP) is 3.02. The minimum absolute atomic E-state index is 0.0902. The molecule has 162 valence electrons. The van der Waals surface area contributed by atoms with Crippen LogP contribution in [0.2, 0.25) is 5.02 Å². The van der Waals surface area contributed by atoms with Crippen molar-refractivity contribution in [2.24, 2.45) is 5.92 Å². The number of sulfonamides is 1. The van der Waals surface area contributed by atoms with Gasteiger partial charge in [0.15, 0.2) is 0 Å². The van der Waals surface area contributed by atoms with Gasteiger partial charge in [-0.1, -0.05) is 23.7 Å². The van der Waals surface area contributed by atoms with Crippen molar-refractivity contribution in [3.8, 4) is 0 Å². The van der Waals surface area contributed by atoms with E-state index in [0.29, 0.717) is 43.2 Å². The summed E-state index contributed by atoms with van der Waals surface area (Å²) < 4.78 is 28.7. The molecule has 4 rings (SSSR count). The van der Waals surface area contributed by atoms with Crippen LogP contribution in [0.3, 0.4) is 0 Å². The second kappa shape index (κ2) is 9.17. The van der Waals surface area contributed by atoms with Crippen LogP contribution in [0.25, 0.3) is 0 Å². The van der Waals surface area contributed by atoms with Gasteiger partial charge in [-0.15, -0.1) is 0 Å². The zero-order valence-corrected chi connectivity index (χ0v) is 18.3. The number of anilines is 1. The van der Waals surface area contributed by atoms with Gasteiger partial charge in [0, 0.05) is 29.7 Å². The summed E-state index contributed by atoms with van der Waals surface area (Å²) in [5.41, 5.74) is 1.76. The van der Waals surface area contributed by atoms with Gasteiger partial charge in [0.2, 0.25) is 15.9 Å². The quantitative estimate of drug-likeness (QED) is 0.611. The highest BCUT2D eigenvalue weighted by molar-refractivity contribution is 7.89. The van der Waals surface area contributed by atoms with Crippen molar-refractivity contribution in [1.82, 2.24) is 19.1 Å². The molecule has 0 radical (unpaired) electrons. The summed E-state index contributed by atoms with van der Waals surface area (Å²) in [6, 6.07) is 13.7. The number of amides is 1. The standard InChI is InChI=1S/C21H22ClN5O3S/c22-18-3-7-20(8-4-18)31(29,30)27-11-9-17(10-12-27)21(28)25-19-5-1-16(2-6-19)13-26-15-23-14-24-26/h1-8,14-15,17H,9-13H2,(H,25,28). The minimum Gasteiger partial charge on any atom is -0.326 e. The molecular formula is C21H22ClN5O3S. The van der Waals surface area contributed by atoms with E-state index in [2.05, 4.69) is 15.4 Å². The van der Waals surface area contributed by atoms with Crippen LogP contribution in [0.5, 0.6) is 0 Å². The van der Waals surface area contributed by atoms with E-state index in [1.165, 1.54) is 22.8 Å². The van der Waals surface area contributed by atoms with Crippen molar-refractivity contribution < 1.29 is 13.2 Å². The Hall–Kier alpha value is -2.75. The maximum atomic E-state index is 12.8. The summed E-state index contributed by atoms with van der Waals surface area (Å²) in [5.74, 6) is -0.320. The number of benzene rings is 2. The summed E-state index contributed by atoms with van der Waals surface area (Å²) in [5, 5.41) is 7.49. The van der Waals surface area contributed by atoms with Gasteiger partial charge in [-0.2, -0.15) is 9.40 Å². The van der Waals surface area contributed by atoms with E-state index in [0.717, 1.165) is 5.56 Å². The predicted molar refractivity (Wildman–Crippen MR) is 117 cm³/mol. The number of halogens is 1. The molecule has 1 aromatic heterocycles. The normalized spacial score (nSPS) is 15.6. The van der Waals surface area contributed by atoms with Crippen LogP contribution < -0.4 is 5.32 Å². The van der Waals surface area contributed by atoms with E-state index in [-0.39, 0.29) is 16.7 Å². The lowest BCUT2D eigenvalue weighted by Crippen LogP contribution is -2.41. The lowest BCUT2D eigenvalue weighted by Gasteiger charge is -2.30. The number of hydrogen-bond donors (Lipinski definition) is 1. The van der Waals surface area contributed by atoms with Gasteiger partial charge in [0.1, 0.15) is 12.7 Å². The summed E-state index contributed by atoms with van der Waals surface area (Å²) in [4.78, 5) is 16.8. The fourth-order valence-corrected chi connectivity index (χ4v) is 5.15. The maximum absolute atomic E-state index is 12.8. The molecular weight excluding hydrogens is 438 g/mol. The zero-order chi connectivity index (χ0) is 21.8. The van der Waals surface area contributed by atoms with Crippen molar-refractivity contribution in [3.05, 3.63) is 71.8 Å². The highest BCUT2D eigenvalue weighted by atomic mass is 35.5. The number of nitrogens with one attached hydrogen (secondary N) is 1. The Labute approximate surface area is 185 Å². The number of nitrogens with zero attached hydrogens (tertiary/aromatic N) is 4. The smallest absolute Gasteiger partial charge is 0.243 e. The van der Waals surface area contributed by atoms with Crippen LogP contribution in [0.1, 0.15) is 18.4 Å². The van der Waals surface area contributed by atoms with Crippen LogP contribution in [0.15, 0.2) is 66.1 Å². The first-order valence-electron chi connectivity index (χ1n) is 9.90. The molecule has 2 heterocycles. The molecule has 1 amide bonds. The summed E-state index contributed by atoms with van der Waals surface area (Å²) in [7, 11) is -3.58. The van der Waals surface area contributed by atoms with E-state index in [9.17, 15) is 13.2 Å². The molecule has 0 unspecified atom stereocenters. The van der Waals surface area contributed by atoms with E-state index >= 15 is 0 Å². The second-order valence-corrected chi connectivity index (χ2v) is 9.79. The molecule has 0 atom stereocenters. The molecule has 0 saturated carbocycles. The van der Waals surface area contributed by atoms with E-state index in [4.69, 9.17) is 11.6 Å². The van der Waals surface area contributed by atoms with Crippen molar-refractivity contribution in [3.63, 3.8) is 0 Å². The molecule has 1 N–H and O–H groups in total. The summed E-state index contributed by atoms with van der Waals surface area (Å²) in [6.07, 6.45) is 4.09. The third kappa shape index (κ3) is 5.12. The number of rotatable bonds is 6. The van der Waals surface area contributed by atoms with Gasteiger partial charge >= 0.3 is 0 Å². The fraction of sp³-hybridized carbons (Fsp3) is 0.286. The number of hydrogen-bond acceptors (Lipinski definition) is 5. The molecule has 1 saturated heterocycles. The van der Waals surface area contributed by atoms with Gasteiger partial charge in [-0.25, -0.2) is 18.1 Å². The molecule has 2 aromatic carbocycles. The number of carbonyl (C=O) groups excluding carboxylic acids is 1. The molecule has 8 nitrogen and oxygen atoms in total. The second-order valence-electron chi connectivity index (χ2n) is 7.41. The van der Waals surface area contributed by atoms with E-state index < -0.39 is 10.0 Å². The van der Waals surface area contributed by atoms with Gasteiger partial charge < -0.3 is 5.32 Å². The van der Waals surface area contributed by atoms with Crippen molar-refractivity contribution in [2.45, 2.75) is 24.3 Å². The molecule has 0 bridgehead atoms. The van der Waals surface area contributed by atoms with Crippen LogP contribution in [-0.2, 0) is 21.4 Å². The zero-order valence-electron chi connectivity index (χ0n) is 16.7. The Balaban J connectivity index is 1.31. The van der Waals surface area contributed by atoms with Crippen molar-refractivity contribution >= 4 is 33.2 Å². The Morgan fingerprint density at radius 1 is 1.06 bits per heavy atom. The number of aromatic nitrogens is 3. The largest absolute Gasteiger partial charge is 0.326 e. The Bertz CT molecular complexity index is 1120. The molecule has 1 aliphatic heterocycles. The monoisotopic (exact) mass is 459 g/mol. The molecule has 31 heavy (non-hydrogen) atoms. The van der Waals surface area contributed by atoms with Gasteiger partial charge in [0.05, 0.1) is 11.4 Å². The van der Waals surface area contributed by atoms with Crippen LogP contribution in [-0.4, -0.2) is 46.5 Å². The Morgan fingerprint density at radius 3 is 2.35 bits per heavy atom. The number of carbonyl (C=O) groups is 1. The SMILES string of the molecule is O=C(Nc1ccc(Cn2cncn2)cc1)C1CCN(S(=O)(=O)c2ccc(Cl)cc2)CC1. The average molecular weight is 460 g/mol. The average Bonchev–Trinajstić information content (AvgIpc) is 3.28. The van der Waals surface area contributed by atoms with Gasteiger partial charge in [-0.05, 0) is 54.8 Å². The molecule has 0 aliphatic carbocycles. The van der Waals surface area contributed by atoms with E-state index in [1.807, 2.05) is 24.3 Å². The lowest BCUT2D eigenvalue weighted by atomic mass is 9.97. The van der Waals surface area contributed by atoms with Crippen LogP contribution >= 0.6 is 11.6 Å². The lowest BCUT2D eigenvalue weighted by molar-refractivity contribution is -0.120. The van der Waals surface area contributed by atoms with E-state index in [1.54, 1.807) is 23.1 Å². The molecule has 1 aliphatic rings. The third-order valence-electron chi connectivity index (χ3n) is 5.31. The maximum Gasteiger partial charge on any atom is 0.243 e. The third-order valence-corrected chi connectivity index (χ3v) is 7.47. The van der Waals surface area contributed by atoms with Gasteiger partial charge in [-0.3, -0.25) is 4.79 Å². The molecule has 3 aromatic rings. The van der Waals surface area contributed by atoms with Gasteiger partial charge in [0.25, 0.3) is 0 Å². The molecule has 1 fully saturated rings. The Kier molecular flexibility index (Phi) is 6.35. The van der Waals surface area contributed by atoms with Crippen LogP contribution in [0, 0.1) is 5.92 Å².